The molecule has 0 radical (unpaired) electrons. The highest BCUT2D eigenvalue weighted by atomic mass is 35.5. The summed E-state index contributed by atoms with van der Waals surface area (Å²) in [5.41, 5.74) is 0.384. The van der Waals surface area contributed by atoms with E-state index < -0.39 is 11.9 Å². The SMILES string of the molecule is O=C(CN1C(=O)CN(C2CC2)C1=O)Nc1ccc(Cl)cc1Cl. The second-order valence-electron chi connectivity index (χ2n) is 5.29. The molecule has 4 amide bonds. The van der Waals surface area contributed by atoms with Gasteiger partial charge in [-0.25, -0.2) is 4.79 Å². The van der Waals surface area contributed by atoms with E-state index in [4.69, 9.17) is 23.2 Å². The van der Waals surface area contributed by atoms with Gasteiger partial charge < -0.3 is 10.2 Å². The number of halogens is 2. The van der Waals surface area contributed by atoms with Gasteiger partial charge in [0.15, 0.2) is 0 Å². The number of urea groups is 1. The van der Waals surface area contributed by atoms with Crippen molar-refractivity contribution in [2.24, 2.45) is 0 Å². The Morgan fingerprint density at radius 3 is 2.64 bits per heavy atom. The Balaban J connectivity index is 1.64. The molecule has 1 N–H and O–H groups in total. The summed E-state index contributed by atoms with van der Waals surface area (Å²) in [6.07, 6.45) is 1.83. The van der Waals surface area contributed by atoms with E-state index in [1.807, 2.05) is 0 Å². The summed E-state index contributed by atoms with van der Waals surface area (Å²) in [5, 5.41) is 3.31. The van der Waals surface area contributed by atoms with Crippen LogP contribution in [0, 0.1) is 0 Å². The van der Waals surface area contributed by atoms with Gasteiger partial charge in [-0.2, -0.15) is 0 Å². The number of carbonyl (C=O) groups excluding carboxylic acids is 3. The fourth-order valence-electron chi connectivity index (χ4n) is 2.31. The number of rotatable bonds is 4. The number of hydrogen-bond acceptors (Lipinski definition) is 3. The highest BCUT2D eigenvalue weighted by Crippen LogP contribution is 2.30. The van der Waals surface area contributed by atoms with Gasteiger partial charge in [-0.15, -0.1) is 0 Å². The zero-order valence-electron chi connectivity index (χ0n) is 11.5. The Kier molecular flexibility index (Phi) is 3.97. The van der Waals surface area contributed by atoms with E-state index in [1.54, 1.807) is 12.1 Å². The summed E-state index contributed by atoms with van der Waals surface area (Å²) < 4.78 is 0. The lowest BCUT2D eigenvalue weighted by atomic mass is 10.3. The van der Waals surface area contributed by atoms with Crippen molar-refractivity contribution < 1.29 is 14.4 Å². The van der Waals surface area contributed by atoms with E-state index in [-0.39, 0.29) is 25.0 Å². The molecule has 8 heteroatoms. The number of nitrogens with zero attached hydrogens (tertiary/aromatic N) is 2. The minimum Gasteiger partial charge on any atom is -0.323 e. The molecule has 22 heavy (non-hydrogen) atoms. The van der Waals surface area contributed by atoms with E-state index in [1.165, 1.54) is 11.0 Å². The van der Waals surface area contributed by atoms with Crippen LogP contribution < -0.4 is 5.32 Å². The molecule has 1 heterocycles. The van der Waals surface area contributed by atoms with Gasteiger partial charge in [0, 0.05) is 11.1 Å². The zero-order valence-corrected chi connectivity index (χ0v) is 13.0. The van der Waals surface area contributed by atoms with Crippen molar-refractivity contribution >= 4 is 46.7 Å². The average molecular weight is 342 g/mol. The van der Waals surface area contributed by atoms with Crippen molar-refractivity contribution in [3.05, 3.63) is 28.2 Å². The molecule has 2 fully saturated rings. The highest BCUT2D eigenvalue weighted by Gasteiger charge is 2.44. The van der Waals surface area contributed by atoms with E-state index >= 15 is 0 Å². The summed E-state index contributed by atoms with van der Waals surface area (Å²) >= 11 is 11.7. The van der Waals surface area contributed by atoms with Crippen molar-refractivity contribution in [1.82, 2.24) is 9.80 Å². The Labute approximate surface area is 136 Å². The van der Waals surface area contributed by atoms with Crippen molar-refractivity contribution in [3.63, 3.8) is 0 Å². The molecule has 1 aliphatic heterocycles. The predicted molar refractivity (Wildman–Crippen MR) is 81.9 cm³/mol. The highest BCUT2D eigenvalue weighted by molar-refractivity contribution is 6.36. The number of nitrogens with one attached hydrogen (secondary N) is 1. The second-order valence-corrected chi connectivity index (χ2v) is 6.14. The van der Waals surface area contributed by atoms with Crippen LogP contribution in [0.25, 0.3) is 0 Å². The molecular formula is C14H13Cl2N3O3. The van der Waals surface area contributed by atoms with Crippen LogP contribution in [0.15, 0.2) is 18.2 Å². The first kappa shape index (κ1) is 15.1. The van der Waals surface area contributed by atoms with Gasteiger partial charge in [0.1, 0.15) is 13.1 Å². The van der Waals surface area contributed by atoms with Gasteiger partial charge >= 0.3 is 6.03 Å². The van der Waals surface area contributed by atoms with Crippen LogP contribution in [-0.2, 0) is 9.59 Å². The molecule has 0 bridgehead atoms. The lowest BCUT2D eigenvalue weighted by Crippen LogP contribution is -2.39. The van der Waals surface area contributed by atoms with Gasteiger partial charge in [0.05, 0.1) is 10.7 Å². The van der Waals surface area contributed by atoms with Gasteiger partial charge in [-0.05, 0) is 31.0 Å². The molecule has 1 aromatic carbocycles. The summed E-state index contributed by atoms with van der Waals surface area (Å²) in [5.74, 6) is -0.835. The molecule has 116 valence electrons. The largest absolute Gasteiger partial charge is 0.327 e. The zero-order chi connectivity index (χ0) is 15.9. The maximum Gasteiger partial charge on any atom is 0.327 e. The van der Waals surface area contributed by atoms with Crippen molar-refractivity contribution in [1.29, 1.82) is 0 Å². The molecule has 0 unspecified atom stereocenters. The van der Waals surface area contributed by atoms with Gasteiger partial charge in [0.25, 0.3) is 5.91 Å². The Hall–Kier alpha value is -1.79. The molecule has 1 saturated heterocycles. The number of anilines is 1. The first-order valence-corrected chi connectivity index (χ1v) is 7.57. The number of amides is 4. The predicted octanol–water partition coefficient (Wildman–Crippen LogP) is 2.36. The molecule has 1 saturated carbocycles. The van der Waals surface area contributed by atoms with Crippen molar-refractivity contribution in [2.75, 3.05) is 18.4 Å². The molecule has 0 atom stereocenters. The van der Waals surface area contributed by atoms with Crippen LogP contribution >= 0.6 is 23.2 Å². The quantitative estimate of drug-likeness (QED) is 0.854. The fraction of sp³-hybridized carbons (Fsp3) is 0.357. The monoisotopic (exact) mass is 341 g/mol. The van der Waals surface area contributed by atoms with Crippen LogP contribution in [0.4, 0.5) is 10.5 Å². The third kappa shape index (κ3) is 3.03. The van der Waals surface area contributed by atoms with Crippen LogP contribution in [0.5, 0.6) is 0 Å². The molecule has 0 spiro atoms. The Morgan fingerprint density at radius 1 is 1.27 bits per heavy atom. The molecule has 6 nitrogen and oxygen atoms in total. The normalized spacial score (nSPS) is 18.1. The van der Waals surface area contributed by atoms with Crippen LogP contribution in [-0.4, -0.2) is 46.8 Å². The van der Waals surface area contributed by atoms with Gasteiger partial charge in [-0.3, -0.25) is 14.5 Å². The number of hydrogen-bond donors (Lipinski definition) is 1. The maximum atomic E-state index is 12.1. The Bertz CT molecular complexity index is 661. The fourth-order valence-corrected chi connectivity index (χ4v) is 2.77. The number of benzene rings is 1. The minimum atomic E-state index is -0.483. The molecule has 1 aromatic rings. The first-order valence-electron chi connectivity index (χ1n) is 6.81. The molecule has 3 rings (SSSR count). The third-order valence-corrected chi connectivity index (χ3v) is 4.13. The topological polar surface area (TPSA) is 69.7 Å². The average Bonchev–Trinajstić information content (AvgIpc) is 3.25. The molecule has 0 aromatic heterocycles. The third-order valence-electron chi connectivity index (χ3n) is 3.58. The second kappa shape index (κ2) is 5.78. The Morgan fingerprint density at radius 2 is 2.00 bits per heavy atom. The maximum absolute atomic E-state index is 12.1. The summed E-state index contributed by atoms with van der Waals surface area (Å²) in [4.78, 5) is 38.5. The molecular weight excluding hydrogens is 329 g/mol. The van der Waals surface area contributed by atoms with E-state index in [0.29, 0.717) is 15.7 Å². The molecule has 2 aliphatic rings. The summed E-state index contributed by atoms with van der Waals surface area (Å²) in [6, 6.07) is 4.40. The smallest absolute Gasteiger partial charge is 0.323 e. The first-order chi connectivity index (χ1) is 10.5. The summed E-state index contributed by atoms with van der Waals surface area (Å²) in [6.45, 7) is -0.266. The molecule has 1 aliphatic carbocycles. The van der Waals surface area contributed by atoms with E-state index in [0.717, 1.165) is 17.7 Å². The van der Waals surface area contributed by atoms with Crippen LogP contribution in [0.1, 0.15) is 12.8 Å². The van der Waals surface area contributed by atoms with Gasteiger partial charge in [0.2, 0.25) is 5.91 Å². The lowest BCUT2D eigenvalue weighted by Gasteiger charge is -2.16. The van der Waals surface area contributed by atoms with Crippen molar-refractivity contribution in [2.45, 2.75) is 18.9 Å². The van der Waals surface area contributed by atoms with Crippen LogP contribution in [0.3, 0.4) is 0 Å². The van der Waals surface area contributed by atoms with E-state index in [2.05, 4.69) is 5.32 Å². The minimum absolute atomic E-state index is 0.0540. The number of carbonyl (C=O) groups is 3. The summed E-state index contributed by atoms with van der Waals surface area (Å²) in [7, 11) is 0. The van der Waals surface area contributed by atoms with Gasteiger partial charge in [-0.1, -0.05) is 23.2 Å². The van der Waals surface area contributed by atoms with Crippen molar-refractivity contribution in [3.8, 4) is 0 Å². The van der Waals surface area contributed by atoms with Crippen LogP contribution in [0.2, 0.25) is 10.0 Å². The van der Waals surface area contributed by atoms with E-state index in [9.17, 15) is 14.4 Å². The lowest BCUT2D eigenvalue weighted by molar-refractivity contribution is -0.129. The standard InChI is InChI=1S/C14H13Cl2N3O3/c15-8-1-4-11(10(16)5-8)17-12(20)6-19-13(21)7-18(14(19)22)9-2-3-9/h1,4-5,9H,2-3,6-7H2,(H,17,20). The number of imide groups is 1.